The van der Waals surface area contributed by atoms with Gasteiger partial charge in [-0.05, 0) is 42.8 Å². The van der Waals surface area contributed by atoms with Crippen molar-refractivity contribution in [1.82, 2.24) is 14.6 Å². The Balaban J connectivity index is 1.46. The SMILES string of the molecule is NC(=O)c1ccc(O)c(CN2CCC(NS(=O)(=O)c3ccc(-c4cccnc4)s3)C2=O)c1. The van der Waals surface area contributed by atoms with Crippen molar-refractivity contribution >= 4 is 33.2 Å². The minimum atomic E-state index is -3.90. The highest BCUT2D eigenvalue weighted by molar-refractivity contribution is 7.91. The lowest BCUT2D eigenvalue weighted by atomic mass is 10.1. The number of benzene rings is 1. The summed E-state index contributed by atoms with van der Waals surface area (Å²) in [4.78, 5) is 30.4. The summed E-state index contributed by atoms with van der Waals surface area (Å²) in [5.74, 6) is -1.12. The molecular weight excluding hydrogens is 452 g/mol. The van der Waals surface area contributed by atoms with Gasteiger partial charge in [-0.2, -0.15) is 4.72 Å². The standard InChI is InChI=1S/C21H20N4O5S2/c22-20(27)13-3-4-17(26)15(10-13)12-25-9-7-16(21(25)28)24-32(29,30)19-6-5-18(31-19)14-2-1-8-23-11-14/h1-6,8,10-11,16,24,26H,7,9,12H2,(H2,22,27). The Morgan fingerprint density at radius 3 is 2.81 bits per heavy atom. The van der Waals surface area contributed by atoms with Crippen LogP contribution in [0.3, 0.4) is 0 Å². The molecule has 0 bridgehead atoms. The number of phenolic OH excluding ortho intramolecular Hbond substituents is 1. The summed E-state index contributed by atoms with van der Waals surface area (Å²) in [5, 5.41) is 10.1. The molecule has 1 aromatic carbocycles. The Bertz CT molecular complexity index is 1270. The summed E-state index contributed by atoms with van der Waals surface area (Å²) in [7, 11) is -3.90. The first-order chi connectivity index (χ1) is 15.2. The second-order valence-electron chi connectivity index (χ2n) is 7.29. The maximum atomic E-state index is 12.8. The zero-order valence-corrected chi connectivity index (χ0v) is 18.4. The number of sulfonamides is 1. The number of nitrogens with one attached hydrogen (secondary N) is 1. The molecule has 4 N–H and O–H groups in total. The molecule has 1 unspecified atom stereocenters. The van der Waals surface area contributed by atoms with E-state index in [9.17, 15) is 23.1 Å². The Kier molecular flexibility index (Phi) is 5.96. The van der Waals surface area contributed by atoms with Gasteiger partial charge in [0.1, 0.15) is 16.0 Å². The van der Waals surface area contributed by atoms with E-state index in [0.29, 0.717) is 12.1 Å². The predicted octanol–water partition coefficient (Wildman–Crippen LogP) is 1.69. The van der Waals surface area contributed by atoms with E-state index in [1.807, 2.05) is 6.07 Å². The van der Waals surface area contributed by atoms with Gasteiger partial charge < -0.3 is 15.7 Å². The average Bonchev–Trinajstić information content (AvgIpc) is 3.39. The molecule has 2 aromatic heterocycles. The fraction of sp³-hybridized carbons (Fsp3) is 0.190. The number of nitrogens with two attached hydrogens (primary N) is 1. The van der Waals surface area contributed by atoms with Crippen molar-refractivity contribution < 1.29 is 23.1 Å². The molecule has 0 saturated carbocycles. The predicted molar refractivity (Wildman–Crippen MR) is 118 cm³/mol. The third kappa shape index (κ3) is 4.49. The third-order valence-electron chi connectivity index (χ3n) is 5.11. The molecule has 32 heavy (non-hydrogen) atoms. The first-order valence-electron chi connectivity index (χ1n) is 9.67. The van der Waals surface area contributed by atoms with Gasteiger partial charge in [0.2, 0.25) is 11.8 Å². The average molecular weight is 473 g/mol. The molecule has 9 nitrogen and oxygen atoms in total. The number of amides is 2. The van der Waals surface area contributed by atoms with Gasteiger partial charge >= 0.3 is 0 Å². The van der Waals surface area contributed by atoms with Crippen molar-refractivity contribution in [2.45, 2.75) is 23.2 Å². The number of carbonyl (C=O) groups is 2. The van der Waals surface area contributed by atoms with E-state index in [1.165, 1.54) is 29.2 Å². The number of hydrogen-bond donors (Lipinski definition) is 3. The summed E-state index contributed by atoms with van der Waals surface area (Å²) in [6.07, 6.45) is 3.57. The minimum Gasteiger partial charge on any atom is -0.508 e. The van der Waals surface area contributed by atoms with Gasteiger partial charge in [-0.3, -0.25) is 14.6 Å². The van der Waals surface area contributed by atoms with Gasteiger partial charge in [-0.1, -0.05) is 6.07 Å². The summed E-state index contributed by atoms with van der Waals surface area (Å²) in [6.45, 7) is 0.339. The fourth-order valence-corrected chi connectivity index (χ4v) is 5.99. The number of carbonyl (C=O) groups excluding carboxylic acids is 2. The van der Waals surface area contributed by atoms with Crippen molar-refractivity contribution in [1.29, 1.82) is 0 Å². The molecule has 1 atom stereocenters. The van der Waals surface area contributed by atoms with Crippen LogP contribution in [0.5, 0.6) is 5.75 Å². The molecule has 3 aromatic rings. The van der Waals surface area contributed by atoms with E-state index >= 15 is 0 Å². The first kappa shape index (κ1) is 21.9. The van der Waals surface area contributed by atoms with Gasteiger partial charge in [0.25, 0.3) is 10.0 Å². The summed E-state index contributed by atoms with van der Waals surface area (Å²) < 4.78 is 28.3. The van der Waals surface area contributed by atoms with E-state index in [1.54, 1.807) is 24.5 Å². The number of likely N-dealkylation sites (tertiary alicyclic amines) is 1. The van der Waals surface area contributed by atoms with E-state index < -0.39 is 27.9 Å². The molecular formula is C21H20N4O5S2. The number of hydrogen-bond acceptors (Lipinski definition) is 7. The molecule has 1 aliphatic rings. The molecule has 3 heterocycles. The van der Waals surface area contributed by atoms with Crippen LogP contribution < -0.4 is 10.5 Å². The Morgan fingerprint density at radius 2 is 2.09 bits per heavy atom. The Labute approximate surface area is 188 Å². The fourth-order valence-electron chi connectivity index (χ4n) is 3.45. The lowest BCUT2D eigenvalue weighted by Crippen LogP contribution is -2.41. The topological polar surface area (TPSA) is 143 Å². The lowest BCUT2D eigenvalue weighted by molar-refractivity contribution is -0.129. The zero-order valence-electron chi connectivity index (χ0n) is 16.8. The normalized spacial score (nSPS) is 16.4. The molecule has 1 fully saturated rings. The number of aromatic nitrogens is 1. The van der Waals surface area contributed by atoms with Gasteiger partial charge in [-0.25, -0.2) is 8.42 Å². The van der Waals surface area contributed by atoms with Crippen LogP contribution in [0.25, 0.3) is 10.4 Å². The van der Waals surface area contributed by atoms with Crippen molar-refractivity contribution in [3.8, 4) is 16.2 Å². The van der Waals surface area contributed by atoms with Crippen LogP contribution in [-0.2, 0) is 21.4 Å². The molecule has 0 aliphatic carbocycles. The molecule has 4 rings (SSSR count). The maximum Gasteiger partial charge on any atom is 0.250 e. The van der Waals surface area contributed by atoms with E-state index in [2.05, 4.69) is 9.71 Å². The number of primary amides is 1. The second kappa shape index (κ2) is 8.69. The van der Waals surface area contributed by atoms with E-state index in [4.69, 9.17) is 5.73 Å². The zero-order chi connectivity index (χ0) is 22.9. The van der Waals surface area contributed by atoms with Gasteiger partial charge in [0, 0.05) is 47.1 Å². The minimum absolute atomic E-state index is 0.0359. The molecule has 1 saturated heterocycles. The number of nitrogens with zero attached hydrogens (tertiary/aromatic N) is 2. The summed E-state index contributed by atoms with van der Waals surface area (Å²) in [5.41, 5.74) is 6.65. The Morgan fingerprint density at radius 1 is 1.28 bits per heavy atom. The molecule has 11 heteroatoms. The third-order valence-corrected chi connectivity index (χ3v) is 8.21. The highest BCUT2D eigenvalue weighted by Gasteiger charge is 2.35. The van der Waals surface area contributed by atoms with Crippen LogP contribution in [-0.4, -0.2) is 47.8 Å². The number of aromatic hydroxyl groups is 1. The van der Waals surface area contributed by atoms with Crippen molar-refractivity contribution in [3.05, 3.63) is 66.0 Å². The van der Waals surface area contributed by atoms with Gasteiger partial charge in [0.15, 0.2) is 0 Å². The maximum absolute atomic E-state index is 12.8. The largest absolute Gasteiger partial charge is 0.508 e. The van der Waals surface area contributed by atoms with Crippen LogP contribution >= 0.6 is 11.3 Å². The number of pyridine rings is 1. The molecule has 166 valence electrons. The van der Waals surface area contributed by atoms with E-state index in [-0.39, 0.29) is 28.5 Å². The van der Waals surface area contributed by atoms with Gasteiger partial charge in [-0.15, -0.1) is 11.3 Å². The molecule has 1 aliphatic heterocycles. The van der Waals surface area contributed by atoms with E-state index in [0.717, 1.165) is 21.8 Å². The second-order valence-corrected chi connectivity index (χ2v) is 10.3. The summed E-state index contributed by atoms with van der Waals surface area (Å²) >= 11 is 1.09. The monoisotopic (exact) mass is 472 g/mol. The van der Waals surface area contributed by atoms with Crippen molar-refractivity contribution in [2.75, 3.05) is 6.54 Å². The van der Waals surface area contributed by atoms with Crippen molar-refractivity contribution in [3.63, 3.8) is 0 Å². The van der Waals surface area contributed by atoms with Crippen LogP contribution in [0.2, 0.25) is 0 Å². The smallest absolute Gasteiger partial charge is 0.250 e. The van der Waals surface area contributed by atoms with Crippen LogP contribution in [0.15, 0.2) is 59.1 Å². The first-order valence-corrected chi connectivity index (χ1v) is 12.0. The number of thiophene rings is 1. The molecule has 0 spiro atoms. The lowest BCUT2D eigenvalue weighted by Gasteiger charge is -2.18. The van der Waals surface area contributed by atoms with Crippen LogP contribution in [0, 0.1) is 0 Å². The van der Waals surface area contributed by atoms with Gasteiger partial charge in [0.05, 0.1) is 0 Å². The molecule has 2 amide bonds. The van der Waals surface area contributed by atoms with Crippen molar-refractivity contribution in [2.24, 2.45) is 5.73 Å². The molecule has 0 radical (unpaired) electrons. The number of rotatable bonds is 7. The quantitative estimate of drug-likeness (QED) is 0.478. The highest BCUT2D eigenvalue weighted by atomic mass is 32.2. The van der Waals surface area contributed by atoms with Crippen LogP contribution in [0.1, 0.15) is 22.3 Å². The summed E-state index contributed by atoms with van der Waals surface area (Å²) in [6, 6.07) is 10.1. The Hall–Kier alpha value is -3.28. The van der Waals surface area contributed by atoms with Crippen LogP contribution in [0.4, 0.5) is 0 Å². The highest BCUT2D eigenvalue weighted by Crippen LogP contribution is 2.31. The number of phenols is 1.